The lowest BCUT2D eigenvalue weighted by Gasteiger charge is -2.29. The van der Waals surface area contributed by atoms with E-state index in [9.17, 15) is 29.8 Å². The number of anilines is 2. The lowest BCUT2D eigenvalue weighted by Crippen LogP contribution is -2.49. The number of nitrogens with zero attached hydrogens (tertiary/aromatic N) is 2. The molecule has 14 heteroatoms. The molecule has 0 heterocycles. The third-order valence-corrected chi connectivity index (χ3v) is 5.22. The Hall–Kier alpha value is -4.62. The quantitative estimate of drug-likeness (QED) is 0.249. The van der Waals surface area contributed by atoms with Crippen LogP contribution in [0.25, 0.3) is 0 Å². The summed E-state index contributed by atoms with van der Waals surface area (Å²) in [5.41, 5.74) is 9.86. The summed E-state index contributed by atoms with van der Waals surface area (Å²) in [7, 11) is 0. The maximum Gasteiger partial charge on any atom is 0.333 e. The first-order valence-electron chi connectivity index (χ1n) is 10.5. The minimum atomic E-state index is -0.553. The van der Waals surface area contributed by atoms with Crippen LogP contribution in [0.1, 0.15) is 25.7 Å². The van der Waals surface area contributed by atoms with E-state index >= 15 is 0 Å². The van der Waals surface area contributed by atoms with Crippen molar-refractivity contribution >= 4 is 34.8 Å². The van der Waals surface area contributed by atoms with Gasteiger partial charge in [-0.05, 0) is 37.8 Å². The summed E-state index contributed by atoms with van der Waals surface area (Å²) >= 11 is 0. The van der Waals surface area contributed by atoms with Gasteiger partial charge in [0.25, 0.3) is 11.4 Å². The fourth-order valence-corrected chi connectivity index (χ4v) is 3.55. The molecule has 1 saturated carbocycles. The van der Waals surface area contributed by atoms with E-state index in [0.29, 0.717) is 25.7 Å². The Labute approximate surface area is 193 Å². The van der Waals surface area contributed by atoms with Crippen molar-refractivity contribution in [1.29, 1.82) is 0 Å². The van der Waals surface area contributed by atoms with Crippen LogP contribution in [0, 0.1) is 20.2 Å². The first kappa shape index (κ1) is 24.0. The number of benzene rings is 2. The van der Waals surface area contributed by atoms with Crippen LogP contribution >= 0.6 is 0 Å². The molecular formula is C20H24N8O6. The standard InChI is InChI=1S/C20H24N8O6/c29-19(25-23-15-5-1-3-7-17(15)27(31)32)21-13-9-11-14(12-10-13)22-20(30)26-24-16-6-2-4-8-18(16)28(33)34/h1-8,13-14,23-24H,9-12H2,(H2,21,25,29)(H2,22,26,30). The number of carbonyl (C=O) groups excluding carboxylic acids is 2. The normalized spacial score (nSPS) is 17.1. The molecule has 4 amide bonds. The average molecular weight is 472 g/mol. The van der Waals surface area contributed by atoms with Gasteiger partial charge in [-0.2, -0.15) is 0 Å². The minimum Gasteiger partial charge on any atom is -0.334 e. The Morgan fingerprint density at radius 1 is 0.676 bits per heavy atom. The van der Waals surface area contributed by atoms with Gasteiger partial charge in [0, 0.05) is 24.2 Å². The van der Waals surface area contributed by atoms with Gasteiger partial charge in [-0.25, -0.2) is 9.59 Å². The summed E-state index contributed by atoms with van der Waals surface area (Å²) in [6.45, 7) is 0. The van der Waals surface area contributed by atoms with E-state index in [0.717, 1.165) is 0 Å². The Morgan fingerprint density at radius 3 is 1.38 bits per heavy atom. The highest BCUT2D eigenvalue weighted by Crippen LogP contribution is 2.23. The molecule has 0 atom stereocenters. The van der Waals surface area contributed by atoms with E-state index in [1.165, 1.54) is 36.4 Å². The predicted molar refractivity (Wildman–Crippen MR) is 123 cm³/mol. The lowest BCUT2D eigenvalue weighted by atomic mass is 9.91. The molecule has 34 heavy (non-hydrogen) atoms. The summed E-state index contributed by atoms with van der Waals surface area (Å²) in [5.74, 6) is 0. The molecule has 0 unspecified atom stereocenters. The second-order valence-corrected chi connectivity index (χ2v) is 7.54. The molecule has 2 aromatic rings. The molecule has 14 nitrogen and oxygen atoms in total. The molecule has 0 saturated heterocycles. The van der Waals surface area contributed by atoms with Gasteiger partial charge in [-0.3, -0.25) is 41.9 Å². The van der Waals surface area contributed by atoms with Crippen LogP contribution in [-0.2, 0) is 0 Å². The largest absolute Gasteiger partial charge is 0.334 e. The number of urea groups is 2. The molecule has 1 fully saturated rings. The summed E-state index contributed by atoms with van der Waals surface area (Å²) in [6.07, 6.45) is 2.45. The van der Waals surface area contributed by atoms with Crippen molar-refractivity contribution in [3.63, 3.8) is 0 Å². The molecule has 2 aromatic carbocycles. The molecule has 6 N–H and O–H groups in total. The van der Waals surface area contributed by atoms with E-state index in [1.807, 2.05) is 0 Å². The van der Waals surface area contributed by atoms with E-state index in [1.54, 1.807) is 12.1 Å². The van der Waals surface area contributed by atoms with E-state index in [4.69, 9.17) is 0 Å². The zero-order chi connectivity index (χ0) is 24.5. The van der Waals surface area contributed by atoms with Gasteiger partial charge in [0.2, 0.25) is 0 Å². The topological polar surface area (TPSA) is 193 Å². The van der Waals surface area contributed by atoms with Crippen LogP contribution in [0.15, 0.2) is 48.5 Å². The number of rotatable bonds is 8. The molecule has 0 aliphatic heterocycles. The van der Waals surface area contributed by atoms with Crippen molar-refractivity contribution < 1.29 is 19.4 Å². The third-order valence-electron chi connectivity index (χ3n) is 5.22. The maximum atomic E-state index is 12.1. The highest BCUT2D eigenvalue weighted by molar-refractivity contribution is 5.77. The molecule has 0 radical (unpaired) electrons. The van der Waals surface area contributed by atoms with Gasteiger partial charge in [0.1, 0.15) is 11.4 Å². The zero-order valence-electron chi connectivity index (χ0n) is 17.9. The Bertz CT molecular complexity index is 973. The third kappa shape index (κ3) is 6.69. The van der Waals surface area contributed by atoms with Gasteiger partial charge in [0.15, 0.2) is 0 Å². The van der Waals surface area contributed by atoms with Gasteiger partial charge in [0.05, 0.1) is 9.85 Å². The summed E-state index contributed by atoms with van der Waals surface area (Å²) in [5, 5.41) is 27.6. The number of hydrogen-bond acceptors (Lipinski definition) is 8. The summed E-state index contributed by atoms with van der Waals surface area (Å²) < 4.78 is 0. The van der Waals surface area contributed by atoms with Gasteiger partial charge in [-0.15, -0.1) is 0 Å². The Kier molecular flexibility index (Phi) is 7.99. The number of para-hydroxylation sites is 4. The van der Waals surface area contributed by atoms with E-state index in [-0.39, 0.29) is 34.8 Å². The van der Waals surface area contributed by atoms with Crippen LogP contribution in [0.2, 0.25) is 0 Å². The first-order valence-corrected chi connectivity index (χ1v) is 10.5. The van der Waals surface area contributed by atoms with Crippen molar-refractivity contribution in [2.45, 2.75) is 37.8 Å². The molecule has 1 aliphatic carbocycles. The number of nitro benzene ring substituents is 2. The number of carbonyl (C=O) groups is 2. The van der Waals surface area contributed by atoms with Crippen LogP contribution in [0.4, 0.5) is 32.3 Å². The van der Waals surface area contributed by atoms with Gasteiger partial charge >= 0.3 is 12.1 Å². The molecule has 0 bridgehead atoms. The Morgan fingerprint density at radius 2 is 1.03 bits per heavy atom. The van der Waals surface area contributed by atoms with Crippen LogP contribution in [0.3, 0.4) is 0 Å². The fraction of sp³-hybridized carbons (Fsp3) is 0.300. The molecule has 0 aromatic heterocycles. The first-order chi connectivity index (χ1) is 16.3. The molecule has 0 spiro atoms. The highest BCUT2D eigenvalue weighted by atomic mass is 16.6. The fourth-order valence-electron chi connectivity index (χ4n) is 3.55. The van der Waals surface area contributed by atoms with Crippen molar-refractivity contribution in [2.24, 2.45) is 0 Å². The highest BCUT2D eigenvalue weighted by Gasteiger charge is 2.24. The van der Waals surface area contributed by atoms with Gasteiger partial charge in [-0.1, -0.05) is 24.3 Å². The molecule has 3 rings (SSSR count). The SMILES string of the molecule is O=C(NNc1ccccc1[N+](=O)[O-])NC1CCC(NC(=O)NNc2ccccc2[N+](=O)[O-])CC1. The second-order valence-electron chi connectivity index (χ2n) is 7.54. The zero-order valence-corrected chi connectivity index (χ0v) is 17.9. The maximum absolute atomic E-state index is 12.1. The predicted octanol–water partition coefficient (Wildman–Crippen LogP) is 2.77. The van der Waals surface area contributed by atoms with Gasteiger partial charge < -0.3 is 10.6 Å². The number of nitro groups is 2. The second kappa shape index (κ2) is 11.3. The molecule has 180 valence electrons. The minimum absolute atomic E-state index is 0.126. The van der Waals surface area contributed by atoms with Crippen LogP contribution in [0.5, 0.6) is 0 Å². The number of hydrazine groups is 2. The number of hydrogen-bond donors (Lipinski definition) is 6. The Balaban J connectivity index is 1.37. The van der Waals surface area contributed by atoms with E-state index < -0.39 is 21.9 Å². The van der Waals surface area contributed by atoms with Crippen LogP contribution < -0.4 is 32.3 Å². The van der Waals surface area contributed by atoms with Crippen molar-refractivity contribution in [3.8, 4) is 0 Å². The monoisotopic (exact) mass is 472 g/mol. The average Bonchev–Trinajstić information content (AvgIpc) is 2.83. The van der Waals surface area contributed by atoms with Crippen LogP contribution in [-0.4, -0.2) is 34.0 Å². The van der Waals surface area contributed by atoms with E-state index in [2.05, 4.69) is 32.3 Å². The van der Waals surface area contributed by atoms with Crippen molar-refractivity contribution in [2.75, 3.05) is 10.9 Å². The summed E-state index contributed by atoms with van der Waals surface area (Å²) in [4.78, 5) is 45.2. The lowest BCUT2D eigenvalue weighted by molar-refractivity contribution is -0.384. The smallest absolute Gasteiger partial charge is 0.333 e. The molecule has 1 aliphatic rings. The number of nitrogens with one attached hydrogen (secondary N) is 6. The number of amides is 4. The molecular weight excluding hydrogens is 448 g/mol. The summed E-state index contributed by atoms with van der Waals surface area (Å²) in [6, 6.07) is 10.6. The van der Waals surface area contributed by atoms with Crippen molar-refractivity contribution in [3.05, 3.63) is 68.8 Å². The van der Waals surface area contributed by atoms with Crippen molar-refractivity contribution in [1.82, 2.24) is 21.5 Å².